The van der Waals surface area contributed by atoms with Crippen molar-refractivity contribution >= 4 is 0 Å². The molecule has 3 heteroatoms. The molecule has 0 aliphatic carbocycles. The monoisotopic (exact) mass is 145 g/mol. The molecule has 10 heavy (non-hydrogen) atoms. The summed E-state index contributed by atoms with van der Waals surface area (Å²) in [5.74, 6) is 0.0571. The van der Waals surface area contributed by atoms with Crippen LogP contribution in [0.25, 0.3) is 0 Å². The molecule has 0 aliphatic rings. The molecule has 0 aliphatic heterocycles. The van der Waals surface area contributed by atoms with E-state index in [0.717, 1.165) is 0 Å². The molecule has 0 amide bonds. The number of allylic oxidation sites excluding steroid dienone is 4. The highest BCUT2D eigenvalue weighted by atomic mass is 19.1. The summed E-state index contributed by atoms with van der Waals surface area (Å²) in [5, 5.41) is 0. The van der Waals surface area contributed by atoms with Crippen molar-refractivity contribution in [3.8, 4) is 0 Å². The minimum atomic E-state index is -0.445. The summed E-state index contributed by atoms with van der Waals surface area (Å²) in [5.41, 5.74) is 5.31. The van der Waals surface area contributed by atoms with Crippen LogP contribution in [0, 0.1) is 0 Å². The molecule has 0 unspecified atom stereocenters. The van der Waals surface area contributed by atoms with Crippen molar-refractivity contribution in [3.05, 3.63) is 23.4 Å². The molecule has 2 nitrogen and oxygen atoms in total. The van der Waals surface area contributed by atoms with E-state index in [4.69, 9.17) is 10.5 Å². The quantitative estimate of drug-likeness (QED) is 0.474. The Kier molecular flexibility index (Phi) is 3.54. The van der Waals surface area contributed by atoms with Gasteiger partial charge in [0.2, 0.25) is 0 Å². The first kappa shape index (κ1) is 9.01. The van der Waals surface area contributed by atoms with Crippen LogP contribution in [0.1, 0.15) is 13.8 Å². The van der Waals surface area contributed by atoms with Crippen LogP contribution in [0.15, 0.2) is 23.4 Å². The van der Waals surface area contributed by atoms with Gasteiger partial charge < -0.3 is 10.5 Å². The lowest BCUT2D eigenvalue weighted by molar-refractivity contribution is 0.292. The zero-order valence-electron chi connectivity index (χ0n) is 6.44. The number of rotatable bonds is 2. The average Bonchev–Trinajstić information content (AvgIpc) is 1.87. The molecule has 0 heterocycles. The van der Waals surface area contributed by atoms with Crippen LogP contribution in [0.3, 0.4) is 0 Å². The van der Waals surface area contributed by atoms with Gasteiger partial charge in [0.25, 0.3) is 0 Å². The summed E-state index contributed by atoms with van der Waals surface area (Å²) in [6, 6.07) is 0. The van der Waals surface area contributed by atoms with E-state index in [0.29, 0.717) is 5.76 Å². The number of hydrogen-bond donors (Lipinski definition) is 1. The van der Waals surface area contributed by atoms with Gasteiger partial charge in [0.05, 0.1) is 12.9 Å². The Labute approximate surface area is 60.2 Å². The molecule has 0 saturated carbocycles. The Hall–Kier alpha value is -0.990. The largest absolute Gasteiger partial charge is 0.501 e. The predicted octanol–water partition coefficient (Wildman–Crippen LogP) is 1.70. The smallest absolute Gasteiger partial charge is 0.144 e. The molecule has 0 spiro atoms. The third kappa shape index (κ3) is 3.12. The Morgan fingerprint density at radius 3 is 2.30 bits per heavy atom. The normalized spacial score (nSPS) is 14.6. The topological polar surface area (TPSA) is 35.2 Å². The van der Waals surface area contributed by atoms with Gasteiger partial charge >= 0.3 is 0 Å². The maximum Gasteiger partial charge on any atom is 0.144 e. The van der Waals surface area contributed by atoms with Crippen molar-refractivity contribution in [1.29, 1.82) is 0 Å². The molecular formula is C7H12FNO. The van der Waals surface area contributed by atoms with Crippen LogP contribution in [-0.4, -0.2) is 7.11 Å². The zero-order chi connectivity index (χ0) is 8.15. The summed E-state index contributed by atoms with van der Waals surface area (Å²) in [6.07, 6.45) is 1.25. The molecule has 58 valence electrons. The van der Waals surface area contributed by atoms with Crippen molar-refractivity contribution in [1.82, 2.24) is 0 Å². The molecule has 0 aromatic rings. The average molecular weight is 145 g/mol. The van der Waals surface area contributed by atoms with Crippen LogP contribution in [0.2, 0.25) is 0 Å². The highest BCUT2D eigenvalue weighted by molar-refractivity contribution is 5.17. The van der Waals surface area contributed by atoms with E-state index in [-0.39, 0.29) is 5.70 Å². The van der Waals surface area contributed by atoms with Gasteiger partial charge in [-0.25, -0.2) is 4.39 Å². The molecule has 2 N–H and O–H groups in total. The van der Waals surface area contributed by atoms with E-state index in [1.807, 2.05) is 0 Å². The van der Waals surface area contributed by atoms with Gasteiger partial charge in [-0.05, 0) is 13.8 Å². The summed E-state index contributed by atoms with van der Waals surface area (Å²) in [4.78, 5) is 0. The second-order valence-corrected chi connectivity index (χ2v) is 1.99. The number of nitrogens with two attached hydrogens (primary N) is 1. The number of hydrogen-bond acceptors (Lipinski definition) is 2. The molecule has 0 atom stereocenters. The van der Waals surface area contributed by atoms with E-state index >= 15 is 0 Å². The Morgan fingerprint density at radius 1 is 1.50 bits per heavy atom. The summed E-state index contributed by atoms with van der Waals surface area (Å²) < 4.78 is 17.3. The van der Waals surface area contributed by atoms with Crippen LogP contribution >= 0.6 is 0 Å². The van der Waals surface area contributed by atoms with E-state index in [1.165, 1.54) is 20.1 Å². The van der Waals surface area contributed by atoms with Crippen LogP contribution in [-0.2, 0) is 4.74 Å². The lowest BCUT2D eigenvalue weighted by Crippen LogP contribution is -1.93. The zero-order valence-corrected chi connectivity index (χ0v) is 6.44. The molecule has 0 radical (unpaired) electrons. The molecule has 0 rings (SSSR count). The highest BCUT2D eigenvalue weighted by Gasteiger charge is 1.93. The number of ether oxygens (including phenoxy) is 1. The number of methoxy groups -OCH3 is 1. The van der Waals surface area contributed by atoms with E-state index in [9.17, 15) is 4.39 Å². The van der Waals surface area contributed by atoms with Crippen molar-refractivity contribution in [2.75, 3.05) is 7.11 Å². The minimum absolute atomic E-state index is 0.163. The van der Waals surface area contributed by atoms with Gasteiger partial charge in [0, 0.05) is 11.8 Å². The second-order valence-electron chi connectivity index (χ2n) is 1.99. The van der Waals surface area contributed by atoms with Gasteiger partial charge in [-0.3, -0.25) is 0 Å². The van der Waals surface area contributed by atoms with Gasteiger partial charge in [-0.2, -0.15) is 0 Å². The van der Waals surface area contributed by atoms with E-state index in [2.05, 4.69) is 0 Å². The van der Waals surface area contributed by atoms with Gasteiger partial charge in [-0.1, -0.05) is 0 Å². The lowest BCUT2D eigenvalue weighted by Gasteiger charge is -1.97. The third-order valence-corrected chi connectivity index (χ3v) is 1.03. The Bertz CT molecular complexity index is 168. The first-order chi connectivity index (χ1) is 4.57. The molecule has 0 fully saturated rings. The minimum Gasteiger partial charge on any atom is -0.501 e. The molecular weight excluding hydrogens is 133 g/mol. The van der Waals surface area contributed by atoms with E-state index < -0.39 is 5.83 Å². The third-order valence-electron chi connectivity index (χ3n) is 1.03. The van der Waals surface area contributed by atoms with E-state index in [1.54, 1.807) is 6.92 Å². The van der Waals surface area contributed by atoms with Gasteiger partial charge in [0.15, 0.2) is 0 Å². The standard InChI is InChI=1S/C7H12FNO/c1-5(10-3)4-7(8)6(2)9/h4H,9H2,1-3H3/b5-4+,7-6-. The lowest BCUT2D eigenvalue weighted by atomic mass is 10.3. The Morgan fingerprint density at radius 2 is 2.00 bits per heavy atom. The first-order valence-electron chi connectivity index (χ1n) is 2.92. The van der Waals surface area contributed by atoms with Gasteiger partial charge in [0.1, 0.15) is 5.83 Å². The first-order valence-corrected chi connectivity index (χ1v) is 2.92. The van der Waals surface area contributed by atoms with Crippen LogP contribution in [0.5, 0.6) is 0 Å². The SMILES string of the molecule is CO/C(C)=C/C(F)=C(\C)N. The Balaban J connectivity index is 4.27. The predicted molar refractivity (Wildman–Crippen MR) is 38.8 cm³/mol. The fraction of sp³-hybridized carbons (Fsp3) is 0.429. The fourth-order valence-corrected chi connectivity index (χ4v) is 0.351. The van der Waals surface area contributed by atoms with Crippen molar-refractivity contribution in [3.63, 3.8) is 0 Å². The maximum absolute atomic E-state index is 12.6. The molecule has 0 saturated heterocycles. The molecule has 0 aromatic carbocycles. The summed E-state index contributed by atoms with van der Waals surface area (Å²) in [6.45, 7) is 3.15. The number of halogens is 1. The fourth-order valence-electron chi connectivity index (χ4n) is 0.351. The van der Waals surface area contributed by atoms with Gasteiger partial charge in [-0.15, -0.1) is 0 Å². The maximum atomic E-state index is 12.6. The van der Waals surface area contributed by atoms with Crippen LogP contribution in [0.4, 0.5) is 4.39 Å². The van der Waals surface area contributed by atoms with Crippen molar-refractivity contribution < 1.29 is 9.13 Å². The summed E-state index contributed by atoms with van der Waals surface area (Å²) >= 11 is 0. The summed E-state index contributed by atoms with van der Waals surface area (Å²) in [7, 11) is 1.48. The molecule has 0 bridgehead atoms. The second kappa shape index (κ2) is 3.93. The highest BCUT2D eigenvalue weighted by Crippen LogP contribution is 2.05. The van der Waals surface area contributed by atoms with Crippen molar-refractivity contribution in [2.24, 2.45) is 5.73 Å². The van der Waals surface area contributed by atoms with Crippen LogP contribution < -0.4 is 5.73 Å². The molecule has 0 aromatic heterocycles. The van der Waals surface area contributed by atoms with Crippen molar-refractivity contribution in [2.45, 2.75) is 13.8 Å².